The van der Waals surface area contributed by atoms with E-state index in [1.807, 2.05) is 30.3 Å². The third kappa shape index (κ3) is 3.46. The smallest absolute Gasteiger partial charge is 0.287 e. The first-order valence-corrected chi connectivity index (χ1v) is 7.87. The van der Waals surface area contributed by atoms with E-state index < -0.39 is 0 Å². The van der Waals surface area contributed by atoms with E-state index in [2.05, 4.69) is 15.5 Å². The van der Waals surface area contributed by atoms with Crippen LogP contribution in [0.3, 0.4) is 0 Å². The lowest BCUT2D eigenvalue weighted by Gasteiger charge is -2.07. The van der Waals surface area contributed by atoms with Gasteiger partial charge in [-0.2, -0.15) is 5.10 Å². The lowest BCUT2D eigenvalue weighted by molar-refractivity contribution is 0.0951. The number of H-pyrrole nitrogens is 1. The molecule has 2 N–H and O–H groups in total. The summed E-state index contributed by atoms with van der Waals surface area (Å²) >= 11 is 0. The zero-order chi connectivity index (χ0) is 18.5. The van der Waals surface area contributed by atoms with Gasteiger partial charge in [0, 0.05) is 5.39 Å². The SMILES string of the molecule is COc1ccc(/C=N/NC(=O)c2cc3c(OC)c(OC)ccc3[nH]2)cc1. The summed E-state index contributed by atoms with van der Waals surface area (Å²) in [5.74, 6) is 1.58. The van der Waals surface area contributed by atoms with E-state index in [0.717, 1.165) is 22.2 Å². The Kier molecular flexibility index (Phi) is 5.07. The molecule has 3 rings (SSSR count). The number of fused-ring (bicyclic) bond motifs is 1. The summed E-state index contributed by atoms with van der Waals surface area (Å²) in [7, 11) is 4.73. The molecule has 0 atom stereocenters. The van der Waals surface area contributed by atoms with Crippen LogP contribution >= 0.6 is 0 Å². The number of hydrogen-bond acceptors (Lipinski definition) is 5. The van der Waals surface area contributed by atoms with Crippen molar-refractivity contribution in [1.82, 2.24) is 10.4 Å². The fraction of sp³-hybridized carbons (Fsp3) is 0.158. The summed E-state index contributed by atoms with van der Waals surface area (Å²) < 4.78 is 15.8. The van der Waals surface area contributed by atoms with Gasteiger partial charge in [0.15, 0.2) is 11.5 Å². The molecule has 134 valence electrons. The quantitative estimate of drug-likeness (QED) is 0.527. The number of benzene rings is 2. The first-order valence-electron chi connectivity index (χ1n) is 7.87. The summed E-state index contributed by atoms with van der Waals surface area (Å²) in [5.41, 5.74) is 4.48. The van der Waals surface area contributed by atoms with Gasteiger partial charge in [0.25, 0.3) is 5.91 Å². The van der Waals surface area contributed by atoms with Crippen LogP contribution in [0.5, 0.6) is 17.2 Å². The van der Waals surface area contributed by atoms with E-state index in [1.165, 1.54) is 0 Å². The van der Waals surface area contributed by atoms with E-state index in [1.54, 1.807) is 39.7 Å². The summed E-state index contributed by atoms with van der Waals surface area (Å²) in [6, 6.07) is 12.6. The first-order chi connectivity index (χ1) is 12.7. The average molecular weight is 353 g/mol. The predicted octanol–water partition coefficient (Wildman–Crippen LogP) is 2.96. The second-order valence-corrected chi connectivity index (χ2v) is 5.42. The number of aromatic nitrogens is 1. The number of carbonyl (C=O) groups is 1. The number of aromatic amines is 1. The van der Waals surface area contributed by atoms with Crippen molar-refractivity contribution in [2.24, 2.45) is 5.10 Å². The minimum absolute atomic E-state index is 0.355. The van der Waals surface area contributed by atoms with E-state index >= 15 is 0 Å². The Bertz CT molecular complexity index is 945. The molecule has 3 aromatic rings. The van der Waals surface area contributed by atoms with Crippen LogP contribution < -0.4 is 19.6 Å². The van der Waals surface area contributed by atoms with Gasteiger partial charge in [-0.3, -0.25) is 4.79 Å². The molecule has 0 bridgehead atoms. The largest absolute Gasteiger partial charge is 0.497 e. The predicted molar refractivity (Wildman–Crippen MR) is 99.5 cm³/mol. The van der Waals surface area contributed by atoms with Gasteiger partial charge in [0.1, 0.15) is 11.4 Å². The molecule has 0 saturated carbocycles. The number of nitrogens with one attached hydrogen (secondary N) is 2. The van der Waals surface area contributed by atoms with E-state index in [9.17, 15) is 4.79 Å². The number of nitrogens with zero attached hydrogens (tertiary/aromatic N) is 1. The molecule has 2 aromatic carbocycles. The molecule has 0 saturated heterocycles. The van der Waals surface area contributed by atoms with Gasteiger partial charge in [0.2, 0.25) is 0 Å². The van der Waals surface area contributed by atoms with E-state index in [-0.39, 0.29) is 5.91 Å². The normalized spacial score (nSPS) is 10.9. The molecule has 0 spiro atoms. The molecular formula is C19H19N3O4. The summed E-state index contributed by atoms with van der Waals surface area (Å²) in [5, 5.41) is 4.74. The van der Waals surface area contributed by atoms with Gasteiger partial charge >= 0.3 is 0 Å². The molecular weight excluding hydrogens is 334 g/mol. The zero-order valence-corrected chi connectivity index (χ0v) is 14.7. The molecule has 0 aliphatic rings. The van der Waals surface area contributed by atoms with Crippen LogP contribution in [0.15, 0.2) is 47.6 Å². The fourth-order valence-corrected chi connectivity index (χ4v) is 2.57. The van der Waals surface area contributed by atoms with Gasteiger partial charge in [-0.05, 0) is 48.0 Å². The van der Waals surface area contributed by atoms with Crippen LogP contribution in [-0.4, -0.2) is 38.4 Å². The summed E-state index contributed by atoms with van der Waals surface area (Å²) in [4.78, 5) is 15.4. The number of rotatable bonds is 6. The minimum atomic E-state index is -0.355. The van der Waals surface area contributed by atoms with Crippen LogP contribution in [0.1, 0.15) is 16.1 Å². The molecule has 7 nitrogen and oxygen atoms in total. The van der Waals surface area contributed by atoms with E-state index in [0.29, 0.717) is 17.2 Å². The maximum atomic E-state index is 12.3. The van der Waals surface area contributed by atoms with Gasteiger partial charge in [-0.15, -0.1) is 0 Å². The van der Waals surface area contributed by atoms with Gasteiger partial charge in [-0.25, -0.2) is 5.43 Å². The second-order valence-electron chi connectivity index (χ2n) is 5.42. The monoisotopic (exact) mass is 353 g/mol. The Labute approximate surface area is 150 Å². The molecule has 1 heterocycles. The van der Waals surface area contributed by atoms with Gasteiger partial charge in [-0.1, -0.05) is 0 Å². The van der Waals surface area contributed by atoms with Crippen LogP contribution in [0.4, 0.5) is 0 Å². The van der Waals surface area contributed by atoms with Crippen molar-refractivity contribution in [2.45, 2.75) is 0 Å². The van der Waals surface area contributed by atoms with Crippen molar-refractivity contribution < 1.29 is 19.0 Å². The molecule has 0 unspecified atom stereocenters. The lowest BCUT2D eigenvalue weighted by atomic mass is 10.2. The molecule has 26 heavy (non-hydrogen) atoms. The molecule has 0 radical (unpaired) electrons. The van der Waals surface area contributed by atoms with Crippen molar-refractivity contribution in [3.63, 3.8) is 0 Å². The first kappa shape index (κ1) is 17.3. The number of methoxy groups -OCH3 is 3. The fourth-order valence-electron chi connectivity index (χ4n) is 2.57. The highest BCUT2D eigenvalue weighted by molar-refractivity contribution is 6.00. The molecule has 1 amide bonds. The Morgan fingerprint density at radius 1 is 1.04 bits per heavy atom. The lowest BCUT2D eigenvalue weighted by Crippen LogP contribution is -2.17. The highest BCUT2D eigenvalue weighted by Crippen LogP contribution is 2.35. The highest BCUT2D eigenvalue weighted by atomic mass is 16.5. The maximum absolute atomic E-state index is 12.3. The van der Waals surface area contributed by atoms with Crippen molar-refractivity contribution in [3.8, 4) is 17.2 Å². The Balaban J connectivity index is 1.76. The van der Waals surface area contributed by atoms with Gasteiger partial charge < -0.3 is 19.2 Å². The Morgan fingerprint density at radius 2 is 1.81 bits per heavy atom. The Morgan fingerprint density at radius 3 is 2.46 bits per heavy atom. The standard InChI is InChI=1S/C19H19N3O4/c1-24-13-6-4-12(5-7-13)11-20-22-19(23)16-10-14-15(21-16)8-9-17(25-2)18(14)26-3/h4-11,21H,1-3H3,(H,22,23)/b20-11+. The van der Waals surface area contributed by atoms with E-state index in [4.69, 9.17) is 14.2 Å². The second kappa shape index (κ2) is 7.60. The van der Waals surface area contributed by atoms with Crippen molar-refractivity contribution in [1.29, 1.82) is 0 Å². The van der Waals surface area contributed by atoms with Gasteiger partial charge in [0.05, 0.1) is 33.1 Å². The topological polar surface area (TPSA) is 84.9 Å². The van der Waals surface area contributed by atoms with Crippen LogP contribution in [0, 0.1) is 0 Å². The number of amides is 1. The Hall–Kier alpha value is -3.48. The average Bonchev–Trinajstić information content (AvgIpc) is 3.12. The number of carbonyl (C=O) groups excluding carboxylic acids is 1. The molecule has 1 aromatic heterocycles. The maximum Gasteiger partial charge on any atom is 0.287 e. The summed E-state index contributed by atoms with van der Waals surface area (Å²) in [6.45, 7) is 0. The number of hydrogen-bond donors (Lipinski definition) is 2. The van der Waals surface area contributed by atoms with Crippen molar-refractivity contribution >= 4 is 23.0 Å². The summed E-state index contributed by atoms with van der Waals surface area (Å²) in [6.07, 6.45) is 1.56. The molecule has 0 aliphatic heterocycles. The van der Waals surface area contributed by atoms with Crippen LogP contribution in [0.25, 0.3) is 10.9 Å². The van der Waals surface area contributed by atoms with Crippen LogP contribution in [0.2, 0.25) is 0 Å². The molecule has 7 heteroatoms. The highest BCUT2D eigenvalue weighted by Gasteiger charge is 2.14. The third-order valence-corrected chi connectivity index (χ3v) is 3.88. The molecule has 0 fully saturated rings. The molecule has 0 aliphatic carbocycles. The number of hydrazone groups is 1. The zero-order valence-electron chi connectivity index (χ0n) is 14.7. The van der Waals surface area contributed by atoms with Crippen molar-refractivity contribution in [2.75, 3.05) is 21.3 Å². The minimum Gasteiger partial charge on any atom is -0.497 e. The number of ether oxygens (including phenoxy) is 3. The van der Waals surface area contributed by atoms with Crippen molar-refractivity contribution in [3.05, 3.63) is 53.7 Å². The third-order valence-electron chi connectivity index (χ3n) is 3.88. The van der Waals surface area contributed by atoms with Crippen LogP contribution in [-0.2, 0) is 0 Å².